The number of aliphatic hydroxyl groups is 4. The number of aromatic hydroxyl groups is 2. The highest BCUT2D eigenvalue weighted by Gasteiger charge is 2.44. The average molecular weight is 356 g/mol. The van der Waals surface area contributed by atoms with Gasteiger partial charge in [-0.1, -0.05) is 13.8 Å². The molecule has 1 aliphatic carbocycles. The second-order valence-corrected chi connectivity index (χ2v) is 6.66. The maximum atomic E-state index is 12.3. The van der Waals surface area contributed by atoms with Crippen molar-refractivity contribution >= 4 is 5.78 Å². The van der Waals surface area contributed by atoms with Crippen LogP contribution in [0.2, 0.25) is 0 Å². The number of phenols is 2. The highest BCUT2D eigenvalue weighted by Crippen LogP contribution is 2.37. The summed E-state index contributed by atoms with van der Waals surface area (Å²) in [7, 11) is 0. The monoisotopic (exact) mass is 356 g/mol. The zero-order valence-corrected chi connectivity index (χ0v) is 14.0. The van der Waals surface area contributed by atoms with Crippen LogP contribution in [0.25, 0.3) is 0 Å². The van der Waals surface area contributed by atoms with Crippen molar-refractivity contribution < 1.29 is 40.2 Å². The van der Waals surface area contributed by atoms with Gasteiger partial charge in [-0.3, -0.25) is 4.79 Å². The largest absolute Gasteiger partial charge is 0.508 e. The fraction of sp³-hybridized carbons (Fsp3) is 0.588. The molecule has 0 radical (unpaired) electrons. The van der Waals surface area contributed by atoms with Crippen molar-refractivity contribution in [2.24, 2.45) is 11.8 Å². The third-order valence-corrected chi connectivity index (χ3v) is 4.45. The minimum absolute atomic E-state index is 0.0155. The Morgan fingerprint density at radius 2 is 1.80 bits per heavy atom. The second kappa shape index (κ2) is 7.57. The van der Waals surface area contributed by atoms with E-state index in [0.717, 1.165) is 12.1 Å². The number of carbonyl (C=O) groups is 1. The molecule has 1 fully saturated rings. The summed E-state index contributed by atoms with van der Waals surface area (Å²) in [6, 6.07) is 2.14. The van der Waals surface area contributed by atoms with Gasteiger partial charge in [0.1, 0.15) is 41.1 Å². The fourth-order valence-corrected chi connectivity index (χ4v) is 2.96. The first-order chi connectivity index (χ1) is 11.7. The predicted molar refractivity (Wildman–Crippen MR) is 86.6 cm³/mol. The van der Waals surface area contributed by atoms with Gasteiger partial charge in [-0.2, -0.15) is 0 Å². The molecule has 6 N–H and O–H groups in total. The SMILES string of the molecule is CC(C)C(=O)c1c(O)cc(O)cc1O[C@@H]1CC(CO)[C@@H](O)C(O)C1O. The van der Waals surface area contributed by atoms with E-state index in [4.69, 9.17) is 4.74 Å². The number of phenolic OH excluding ortho intramolecular Hbond substituents is 2. The van der Waals surface area contributed by atoms with Crippen LogP contribution in [0, 0.1) is 11.8 Å². The van der Waals surface area contributed by atoms with Gasteiger partial charge in [0, 0.05) is 30.6 Å². The predicted octanol–water partition coefficient (Wildman–Crippen LogP) is -0.221. The van der Waals surface area contributed by atoms with E-state index in [2.05, 4.69) is 0 Å². The van der Waals surface area contributed by atoms with Gasteiger partial charge in [-0.05, 0) is 6.42 Å². The molecule has 8 heteroatoms. The van der Waals surface area contributed by atoms with E-state index < -0.39 is 54.4 Å². The van der Waals surface area contributed by atoms with Crippen LogP contribution in [0.3, 0.4) is 0 Å². The van der Waals surface area contributed by atoms with Crippen LogP contribution >= 0.6 is 0 Å². The van der Waals surface area contributed by atoms with Gasteiger partial charge in [0.2, 0.25) is 0 Å². The van der Waals surface area contributed by atoms with Gasteiger partial charge in [-0.15, -0.1) is 0 Å². The van der Waals surface area contributed by atoms with Gasteiger partial charge < -0.3 is 35.4 Å². The van der Waals surface area contributed by atoms with Gasteiger partial charge >= 0.3 is 0 Å². The van der Waals surface area contributed by atoms with Crippen molar-refractivity contribution in [3.63, 3.8) is 0 Å². The van der Waals surface area contributed by atoms with Crippen molar-refractivity contribution in [1.82, 2.24) is 0 Å². The number of benzene rings is 1. The molecule has 8 nitrogen and oxygen atoms in total. The summed E-state index contributed by atoms with van der Waals surface area (Å²) in [6.45, 7) is 2.85. The van der Waals surface area contributed by atoms with E-state index in [-0.39, 0.29) is 23.5 Å². The third-order valence-electron chi connectivity index (χ3n) is 4.45. The van der Waals surface area contributed by atoms with Crippen molar-refractivity contribution in [3.8, 4) is 17.2 Å². The molecule has 140 valence electrons. The lowest BCUT2D eigenvalue weighted by molar-refractivity contribution is -0.157. The standard InChI is InChI=1S/C17H24O8/c1-7(2)14(21)13-10(20)4-9(19)5-11(13)25-12-3-8(6-18)15(22)17(24)16(12)23/h4-5,7-8,12,15-20,22-24H,3,6H2,1-2H3/t8?,12-,15-,16?,17?/m1/s1. The van der Waals surface area contributed by atoms with E-state index in [0.29, 0.717) is 0 Å². The lowest BCUT2D eigenvalue weighted by atomic mass is 9.81. The van der Waals surface area contributed by atoms with Crippen molar-refractivity contribution in [2.45, 2.75) is 44.7 Å². The maximum absolute atomic E-state index is 12.3. The molecule has 0 aliphatic heterocycles. The zero-order chi connectivity index (χ0) is 18.9. The van der Waals surface area contributed by atoms with E-state index >= 15 is 0 Å². The molecule has 1 aliphatic rings. The first-order valence-electron chi connectivity index (χ1n) is 8.09. The molecule has 3 unspecified atom stereocenters. The molecule has 0 saturated heterocycles. The molecule has 1 aromatic carbocycles. The summed E-state index contributed by atoms with van der Waals surface area (Å²) < 4.78 is 5.61. The highest BCUT2D eigenvalue weighted by atomic mass is 16.5. The summed E-state index contributed by atoms with van der Waals surface area (Å²) >= 11 is 0. The van der Waals surface area contributed by atoms with Crippen LogP contribution in [0.15, 0.2) is 12.1 Å². The summed E-state index contributed by atoms with van der Waals surface area (Å²) in [5.41, 5.74) is -0.138. The first kappa shape index (κ1) is 19.5. The molecule has 25 heavy (non-hydrogen) atoms. The van der Waals surface area contributed by atoms with Crippen LogP contribution in [0.4, 0.5) is 0 Å². The summed E-state index contributed by atoms with van der Waals surface area (Å²) in [5, 5.41) is 58.9. The number of ether oxygens (including phenoxy) is 1. The van der Waals surface area contributed by atoms with E-state index in [9.17, 15) is 35.4 Å². The topological polar surface area (TPSA) is 148 Å². The van der Waals surface area contributed by atoms with E-state index in [1.807, 2.05) is 0 Å². The highest BCUT2D eigenvalue weighted by molar-refractivity contribution is 6.02. The molecular weight excluding hydrogens is 332 g/mol. The molecule has 1 aromatic rings. The Labute approximate surface area is 144 Å². The van der Waals surface area contributed by atoms with E-state index in [1.54, 1.807) is 13.8 Å². The van der Waals surface area contributed by atoms with Gasteiger partial charge in [0.25, 0.3) is 0 Å². The fourth-order valence-electron chi connectivity index (χ4n) is 2.96. The second-order valence-electron chi connectivity index (χ2n) is 6.66. The Morgan fingerprint density at radius 3 is 2.36 bits per heavy atom. The number of carbonyl (C=O) groups excluding carboxylic acids is 1. The quantitative estimate of drug-likeness (QED) is 0.397. The molecule has 0 bridgehead atoms. The van der Waals surface area contributed by atoms with Crippen LogP contribution in [0.5, 0.6) is 17.2 Å². The summed E-state index contributed by atoms with van der Waals surface area (Å²) in [6.07, 6.45) is -5.35. The zero-order valence-electron chi connectivity index (χ0n) is 14.0. The Kier molecular flexibility index (Phi) is 5.89. The Morgan fingerprint density at radius 1 is 1.16 bits per heavy atom. The first-order valence-corrected chi connectivity index (χ1v) is 8.09. The maximum Gasteiger partial charge on any atom is 0.172 e. The molecule has 0 amide bonds. The average Bonchev–Trinajstić information content (AvgIpc) is 2.54. The van der Waals surface area contributed by atoms with Crippen molar-refractivity contribution in [3.05, 3.63) is 17.7 Å². The number of hydrogen-bond acceptors (Lipinski definition) is 8. The smallest absolute Gasteiger partial charge is 0.172 e. The van der Waals surface area contributed by atoms with Crippen molar-refractivity contribution in [2.75, 3.05) is 6.61 Å². The number of ketones is 1. The molecule has 5 atom stereocenters. The van der Waals surface area contributed by atoms with E-state index in [1.165, 1.54) is 0 Å². The third kappa shape index (κ3) is 3.87. The Hall–Kier alpha value is -1.87. The molecule has 0 spiro atoms. The lowest BCUT2D eigenvalue weighted by Gasteiger charge is -2.39. The Balaban J connectivity index is 2.37. The minimum atomic E-state index is -1.54. The van der Waals surface area contributed by atoms with Crippen LogP contribution in [0.1, 0.15) is 30.6 Å². The van der Waals surface area contributed by atoms with Crippen LogP contribution in [-0.4, -0.2) is 67.4 Å². The van der Waals surface area contributed by atoms with Crippen LogP contribution < -0.4 is 4.74 Å². The number of Topliss-reactive ketones (excluding diaryl/α,β-unsaturated/α-hetero) is 1. The van der Waals surface area contributed by atoms with Crippen LogP contribution in [-0.2, 0) is 0 Å². The summed E-state index contributed by atoms with van der Waals surface area (Å²) in [4.78, 5) is 12.3. The Bertz CT molecular complexity index is 627. The molecule has 1 saturated carbocycles. The minimum Gasteiger partial charge on any atom is -0.508 e. The molecule has 0 aromatic heterocycles. The van der Waals surface area contributed by atoms with Gasteiger partial charge in [0.15, 0.2) is 5.78 Å². The molecular formula is C17H24O8. The molecule has 0 heterocycles. The normalized spacial score (nSPS) is 29.6. The van der Waals surface area contributed by atoms with Crippen molar-refractivity contribution in [1.29, 1.82) is 0 Å². The van der Waals surface area contributed by atoms with Gasteiger partial charge in [0.05, 0.1) is 6.10 Å². The number of hydrogen-bond donors (Lipinski definition) is 6. The molecule has 2 rings (SSSR count). The number of rotatable bonds is 5. The summed E-state index contributed by atoms with van der Waals surface area (Å²) in [5.74, 6) is -2.53. The van der Waals surface area contributed by atoms with Gasteiger partial charge in [-0.25, -0.2) is 0 Å². The lowest BCUT2D eigenvalue weighted by Crippen LogP contribution is -2.56. The number of aliphatic hydroxyl groups excluding tert-OH is 4.